The smallest absolute Gasteiger partial charge is 0.311 e. The molecule has 1 rings (SSSR count). The Morgan fingerprint density at radius 3 is 2.11 bits per heavy atom. The summed E-state index contributed by atoms with van der Waals surface area (Å²) in [7, 11) is 0. The zero-order chi connectivity index (χ0) is 14.4. The van der Waals surface area contributed by atoms with Crippen molar-refractivity contribution in [2.75, 3.05) is 13.1 Å². The number of aliphatic carboxylic acids is 1. The predicted molar refractivity (Wildman–Crippen MR) is 74.1 cm³/mol. The second-order valence-electron chi connectivity index (χ2n) is 4.57. The second-order valence-corrected chi connectivity index (χ2v) is 4.57. The first-order chi connectivity index (χ1) is 8.99. The number of carbonyl (C=O) groups is 2. The molecule has 0 radical (unpaired) electrons. The van der Waals surface area contributed by atoms with Crippen molar-refractivity contribution in [3.05, 3.63) is 35.4 Å². The predicted octanol–water partition coefficient (Wildman–Crippen LogP) is 2.42. The maximum Gasteiger partial charge on any atom is 0.311 e. The Labute approximate surface area is 114 Å². The molecule has 0 spiro atoms. The van der Waals surface area contributed by atoms with Crippen LogP contribution in [0.4, 0.5) is 0 Å². The number of aryl methyl sites for hydroxylation is 1. The van der Waals surface area contributed by atoms with Gasteiger partial charge in [0.25, 0.3) is 0 Å². The van der Waals surface area contributed by atoms with Crippen LogP contribution in [-0.4, -0.2) is 35.0 Å². The van der Waals surface area contributed by atoms with Gasteiger partial charge in [-0.25, -0.2) is 0 Å². The molecule has 19 heavy (non-hydrogen) atoms. The first-order valence-corrected chi connectivity index (χ1v) is 6.56. The van der Waals surface area contributed by atoms with Gasteiger partial charge < -0.3 is 10.0 Å². The number of carboxylic acid groups (broad SMARTS) is 1. The van der Waals surface area contributed by atoms with Crippen LogP contribution in [0, 0.1) is 6.92 Å². The number of hydrogen-bond acceptors (Lipinski definition) is 2. The Bertz CT molecular complexity index is 435. The Hall–Kier alpha value is -1.84. The summed E-state index contributed by atoms with van der Waals surface area (Å²) in [6, 6.07) is 7.30. The van der Waals surface area contributed by atoms with Crippen LogP contribution < -0.4 is 0 Å². The van der Waals surface area contributed by atoms with Gasteiger partial charge in [0.05, 0.1) is 5.92 Å². The van der Waals surface area contributed by atoms with Gasteiger partial charge in [-0.1, -0.05) is 29.8 Å². The van der Waals surface area contributed by atoms with E-state index in [0.717, 1.165) is 5.56 Å². The number of carboxylic acids is 1. The molecule has 4 nitrogen and oxygen atoms in total. The molecule has 0 heterocycles. The van der Waals surface area contributed by atoms with E-state index in [1.807, 2.05) is 32.9 Å². The largest absolute Gasteiger partial charge is 0.481 e. The Balaban J connectivity index is 2.87. The molecule has 0 aliphatic carbocycles. The minimum atomic E-state index is -0.954. The third-order valence-corrected chi connectivity index (χ3v) is 3.27. The maximum atomic E-state index is 12.0. The zero-order valence-corrected chi connectivity index (χ0v) is 11.7. The lowest BCUT2D eigenvalue weighted by Crippen LogP contribution is -2.32. The van der Waals surface area contributed by atoms with Gasteiger partial charge >= 0.3 is 5.97 Å². The molecule has 0 saturated heterocycles. The van der Waals surface area contributed by atoms with Gasteiger partial charge in [-0.05, 0) is 26.3 Å². The van der Waals surface area contributed by atoms with Crippen molar-refractivity contribution in [3.63, 3.8) is 0 Å². The number of amides is 1. The van der Waals surface area contributed by atoms with Gasteiger partial charge in [-0.3, -0.25) is 9.59 Å². The Morgan fingerprint density at radius 2 is 1.68 bits per heavy atom. The molecule has 1 N–H and O–H groups in total. The summed E-state index contributed by atoms with van der Waals surface area (Å²) in [5, 5.41) is 9.30. The summed E-state index contributed by atoms with van der Waals surface area (Å²) >= 11 is 0. The third-order valence-electron chi connectivity index (χ3n) is 3.27. The summed E-state index contributed by atoms with van der Waals surface area (Å²) in [5.41, 5.74) is 1.75. The molecule has 1 aromatic carbocycles. The van der Waals surface area contributed by atoms with Crippen LogP contribution in [0.5, 0.6) is 0 Å². The fraction of sp³-hybridized carbons (Fsp3) is 0.467. The van der Waals surface area contributed by atoms with Crippen molar-refractivity contribution < 1.29 is 14.7 Å². The van der Waals surface area contributed by atoms with E-state index in [2.05, 4.69) is 0 Å². The van der Waals surface area contributed by atoms with Crippen LogP contribution in [-0.2, 0) is 9.59 Å². The highest BCUT2D eigenvalue weighted by atomic mass is 16.4. The quantitative estimate of drug-likeness (QED) is 0.857. The summed E-state index contributed by atoms with van der Waals surface area (Å²) in [6.07, 6.45) is 0.0140. The van der Waals surface area contributed by atoms with Crippen LogP contribution in [0.3, 0.4) is 0 Å². The summed E-state index contributed by atoms with van der Waals surface area (Å²) in [5.74, 6) is -1.84. The minimum absolute atomic E-state index is 0.0140. The lowest BCUT2D eigenvalue weighted by atomic mass is 9.94. The topological polar surface area (TPSA) is 57.6 Å². The van der Waals surface area contributed by atoms with Crippen LogP contribution in [0.2, 0.25) is 0 Å². The Morgan fingerprint density at radius 1 is 1.16 bits per heavy atom. The molecule has 1 aromatic rings. The van der Waals surface area contributed by atoms with Crippen molar-refractivity contribution in [3.8, 4) is 0 Å². The fourth-order valence-corrected chi connectivity index (χ4v) is 2.03. The van der Waals surface area contributed by atoms with Crippen LogP contribution >= 0.6 is 0 Å². The molecule has 0 aromatic heterocycles. The highest BCUT2D eigenvalue weighted by Gasteiger charge is 2.25. The lowest BCUT2D eigenvalue weighted by Gasteiger charge is -2.21. The molecule has 0 fully saturated rings. The number of hydrogen-bond donors (Lipinski definition) is 1. The first kappa shape index (κ1) is 15.2. The van der Waals surface area contributed by atoms with E-state index < -0.39 is 11.9 Å². The lowest BCUT2D eigenvalue weighted by molar-refractivity contribution is -0.142. The van der Waals surface area contributed by atoms with E-state index in [4.69, 9.17) is 0 Å². The zero-order valence-electron chi connectivity index (χ0n) is 11.7. The van der Waals surface area contributed by atoms with Crippen LogP contribution in [0.25, 0.3) is 0 Å². The van der Waals surface area contributed by atoms with Crippen molar-refractivity contribution in [2.24, 2.45) is 0 Å². The standard InChI is InChI=1S/C15H21NO3/c1-4-16(5-2)14(17)10-13(15(18)19)12-8-6-11(3)7-9-12/h6-9,13H,4-5,10H2,1-3H3,(H,18,19). The van der Waals surface area contributed by atoms with Crippen molar-refractivity contribution in [1.29, 1.82) is 0 Å². The summed E-state index contributed by atoms with van der Waals surface area (Å²) < 4.78 is 0. The molecule has 4 heteroatoms. The monoisotopic (exact) mass is 263 g/mol. The number of rotatable bonds is 6. The molecule has 0 aliphatic heterocycles. The molecule has 0 aliphatic rings. The van der Waals surface area contributed by atoms with Crippen LogP contribution in [0.1, 0.15) is 37.3 Å². The molecular weight excluding hydrogens is 242 g/mol. The van der Waals surface area contributed by atoms with E-state index in [-0.39, 0.29) is 12.3 Å². The molecule has 0 bridgehead atoms. The maximum absolute atomic E-state index is 12.0. The normalized spacial score (nSPS) is 11.9. The van der Waals surface area contributed by atoms with E-state index in [0.29, 0.717) is 18.7 Å². The molecule has 1 atom stereocenters. The highest BCUT2D eigenvalue weighted by molar-refractivity contribution is 5.85. The minimum Gasteiger partial charge on any atom is -0.481 e. The third kappa shape index (κ3) is 4.09. The van der Waals surface area contributed by atoms with E-state index in [1.54, 1.807) is 17.0 Å². The molecular formula is C15H21NO3. The van der Waals surface area contributed by atoms with Crippen LogP contribution in [0.15, 0.2) is 24.3 Å². The number of carbonyl (C=O) groups excluding carboxylic acids is 1. The molecule has 1 unspecified atom stereocenters. The SMILES string of the molecule is CCN(CC)C(=O)CC(C(=O)O)c1ccc(C)cc1. The average molecular weight is 263 g/mol. The molecule has 0 saturated carbocycles. The summed E-state index contributed by atoms with van der Waals surface area (Å²) in [6.45, 7) is 6.94. The molecule has 104 valence electrons. The van der Waals surface area contributed by atoms with E-state index in [1.165, 1.54) is 0 Å². The van der Waals surface area contributed by atoms with Gasteiger partial charge in [0.15, 0.2) is 0 Å². The van der Waals surface area contributed by atoms with Gasteiger partial charge in [0.2, 0.25) is 5.91 Å². The van der Waals surface area contributed by atoms with Crippen molar-refractivity contribution in [2.45, 2.75) is 33.1 Å². The second kappa shape index (κ2) is 6.92. The van der Waals surface area contributed by atoms with Gasteiger partial charge in [0, 0.05) is 19.5 Å². The van der Waals surface area contributed by atoms with Crippen molar-refractivity contribution in [1.82, 2.24) is 4.90 Å². The highest BCUT2D eigenvalue weighted by Crippen LogP contribution is 2.21. The van der Waals surface area contributed by atoms with E-state index in [9.17, 15) is 14.7 Å². The Kier molecular flexibility index (Phi) is 5.55. The first-order valence-electron chi connectivity index (χ1n) is 6.56. The average Bonchev–Trinajstić information content (AvgIpc) is 2.38. The molecule has 1 amide bonds. The fourth-order valence-electron chi connectivity index (χ4n) is 2.03. The summed E-state index contributed by atoms with van der Waals surface area (Å²) in [4.78, 5) is 25.0. The van der Waals surface area contributed by atoms with Gasteiger partial charge in [-0.2, -0.15) is 0 Å². The number of benzene rings is 1. The van der Waals surface area contributed by atoms with Gasteiger partial charge in [-0.15, -0.1) is 0 Å². The van der Waals surface area contributed by atoms with E-state index >= 15 is 0 Å². The number of nitrogens with zero attached hydrogens (tertiary/aromatic N) is 1. The van der Waals surface area contributed by atoms with Gasteiger partial charge in [0.1, 0.15) is 0 Å². The van der Waals surface area contributed by atoms with Crippen molar-refractivity contribution >= 4 is 11.9 Å².